The molecular weight excluding hydrogens is 290 g/mol. The summed E-state index contributed by atoms with van der Waals surface area (Å²) in [6.07, 6.45) is 0. The second kappa shape index (κ2) is 8.13. The summed E-state index contributed by atoms with van der Waals surface area (Å²) in [5, 5.41) is 17.0. The Hall–Kier alpha value is -1.85. The van der Waals surface area contributed by atoms with Crippen molar-refractivity contribution in [3.8, 4) is 5.75 Å². The number of aryl methyl sites for hydroxylation is 2. The number of hydrogen-bond acceptors (Lipinski definition) is 4. The van der Waals surface area contributed by atoms with Crippen molar-refractivity contribution in [2.45, 2.75) is 46.8 Å². The zero-order valence-electron chi connectivity index (χ0n) is 14.5. The second-order valence-electron chi connectivity index (χ2n) is 6.01. The van der Waals surface area contributed by atoms with E-state index in [9.17, 15) is 0 Å². The Morgan fingerprint density at radius 3 is 2.78 bits per heavy atom. The Morgan fingerprint density at radius 1 is 1.30 bits per heavy atom. The van der Waals surface area contributed by atoms with Crippen LogP contribution in [0.3, 0.4) is 0 Å². The molecule has 0 bridgehead atoms. The molecular formula is C18H27N3O2. The highest BCUT2D eigenvalue weighted by Crippen LogP contribution is 2.14. The van der Waals surface area contributed by atoms with E-state index in [2.05, 4.69) is 30.3 Å². The Labute approximate surface area is 138 Å². The second-order valence-corrected chi connectivity index (χ2v) is 6.01. The monoisotopic (exact) mass is 317 g/mol. The molecule has 1 aromatic heterocycles. The van der Waals surface area contributed by atoms with Gasteiger partial charge in [-0.25, -0.2) is 0 Å². The van der Waals surface area contributed by atoms with Crippen LogP contribution in [0, 0.1) is 20.8 Å². The summed E-state index contributed by atoms with van der Waals surface area (Å²) in [6, 6.07) is 8.32. The first-order valence-corrected chi connectivity index (χ1v) is 8.08. The molecule has 1 heterocycles. The van der Waals surface area contributed by atoms with Crippen molar-refractivity contribution in [2.24, 2.45) is 0 Å². The lowest BCUT2D eigenvalue weighted by molar-refractivity contribution is 0.267. The molecule has 1 atom stereocenters. The van der Waals surface area contributed by atoms with Crippen LogP contribution in [0.5, 0.6) is 5.75 Å². The van der Waals surface area contributed by atoms with E-state index in [1.165, 1.54) is 11.1 Å². The Kier molecular flexibility index (Phi) is 6.19. The van der Waals surface area contributed by atoms with Gasteiger partial charge in [-0.3, -0.25) is 4.68 Å². The maximum Gasteiger partial charge on any atom is 0.119 e. The molecule has 2 aromatic rings. The minimum atomic E-state index is 0.107. The van der Waals surface area contributed by atoms with Crippen LogP contribution in [0.2, 0.25) is 0 Å². The van der Waals surface area contributed by atoms with Crippen LogP contribution >= 0.6 is 0 Å². The predicted molar refractivity (Wildman–Crippen MR) is 91.8 cm³/mol. The first-order chi connectivity index (χ1) is 11.0. The third-order valence-electron chi connectivity index (χ3n) is 3.96. The van der Waals surface area contributed by atoms with Crippen LogP contribution in [-0.2, 0) is 13.1 Å². The maximum absolute atomic E-state index is 9.07. The minimum Gasteiger partial charge on any atom is -0.492 e. The average Bonchev–Trinajstić information content (AvgIpc) is 2.78. The van der Waals surface area contributed by atoms with Gasteiger partial charge in [0.05, 0.1) is 18.8 Å². The van der Waals surface area contributed by atoms with Crippen LogP contribution in [0.4, 0.5) is 0 Å². The Bertz CT molecular complexity index is 637. The van der Waals surface area contributed by atoms with Crippen molar-refractivity contribution in [3.05, 3.63) is 46.8 Å². The van der Waals surface area contributed by atoms with Crippen LogP contribution < -0.4 is 10.1 Å². The molecule has 2 rings (SSSR count). The fourth-order valence-electron chi connectivity index (χ4n) is 2.56. The van der Waals surface area contributed by atoms with Gasteiger partial charge in [0.2, 0.25) is 0 Å². The smallest absolute Gasteiger partial charge is 0.119 e. The number of aliphatic hydroxyl groups is 1. The van der Waals surface area contributed by atoms with Gasteiger partial charge in [0.15, 0.2) is 0 Å². The highest BCUT2D eigenvalue weighted by atomic mass is 16.5. The highest BCUT2D eigenvalue weighted by Gasteiger charge is 2.12. The van der Waals surface area contributed by atoms with Gasteiger partial charge in [0.1, 0.15) is 12.4 Å². The molecule has 5 heteroatoms. The van der Waals surface area contributed by atoms with Crippen molar-refractivity contribution >= 4 is 0 Å². The number of benzene rings is 1. The first kappa shape index (κ1) is 17.5. The molecule has 126 valence electrons. The van der Waals surface area contributed by atoms with E-state index in [-0.39, 0.29) is 12.6 Å². The summed E-state index contributed by atoms with van der Waals surface area (Å²) in [7, 11) is 0. The van der Waals surface area contributed by atoms with Gasteiger partial charge < -0.3 is 15.2 Å². The summed E-state index contributed by atoms with van der Waals surface area (Å²) in [6.45, 7) is 10.2. The molecule has 0 saturated heterocycles. The first-order valence-electron chi connectivity index (χ1n) is 8.08. The summed E-state index contributed by atoms with van der Waals surface area (Å²) < 4.78 is 7.69. The number of hydrogen-bond donors (Lipinski definition) is 2. The van der Waals surface area contributed by atoms with E-state index in [4.69, 9.17) is 9.84 Å². The number of rotatable bonds is 8. The van der Waals surface area contributed by atoms with Gasteiger partial charge in [-0.05, 0) is 45.4 Å². The van der Waals surface area contributed by atoms with Gasteiger partial charge in [0.25, 0.3) is 0 Å². The Balaban J connectivity index is 1.86. The van der Waals surface area contributed by atoms with Gasteiger partial charge in [-0.2, -0.15) is 5.10 Å². The minimum absolute atomic E-state index is 0.107. The average molecular weight is 317 g/mol. The molecule has 0 radical (unpaired) electrons. The van der Waals surface area contributed by atoms with Crippen LogP contribution in [-0.4, -0.2) is 34.1 Å². The van der Waals surface area contributed by atoms with Gasteiger partial charge >= 0.3 is 0 Å². The molecule has 1 unspecified atom stereocenters. The molecule has 0 amide bonds. The zero-order chi connectivity index (χ0) is 16.8. The summed E-state index contributed by atoms with van der Waals surface area (Å²) in [4.78, 5) is 0. The summed E-state index contributed by atoms with van der Waals surface area (Å²) in [5.41, 5.74) is 4.51. The number of aliphatic hydroxyl groups excluding tert-OH is 1. The molecule has 1 aromatic carbocycles. The molecule has 5 nitrogen and oxygen atoms in total. The molecule has 0 spiro atoms. The number of nitrogens with zero attached hydrogens (tertiary/aromatic N) is 2. The van der Waals surface area contributed by atoms with E-state index in [0.717, 1.165) is 23.7 Å². The van der Waals surface area contributed by atoms with Gasteiger partial charge in [-0.1, -0.05) is 12.1 Å². The molecule has 2 N–H and O–H groups in total. The number of nitrogens with one attached hydrogen (secondary N) is 1. The standard InChI is InChI=1S/C18H27N3O2/c1-13-6-5-7-17(10-13)23-12-14(2)19-11-18-15(3)20-21(8-9-22)16(18)4/h5-7,10,14,19,22H,8-9,11-12H2,1-4H3. The molecule has 0 aliphatic carbocycles. The van der Waals surface area contributed by atoms with Crippen molar-refractivity contribution in [2.75, 3.05) is 13.2 Å². The van der Waals surface area contributed by atoms with Gasteiger partial charge in [0, 0.05) is 23.8 Å². The topological polar surface area (TPSA) is 59.3 Å². The molecule has 0 aliphatic heterocycles. The molecule has 0 saturated carbocycles. The Morgan fingerprint density at radius 2 is 2.09 bits per heavy atom. The predicted octanol–water partition coefficient (Wildman–Crippen LogP) is 2.36. The molecule has 0 aliphatic rings. The number of ether oxygens (including phenoxy) is 1. The fourth-order valence-corrected chi connectivity index (χ4v) is 2.56. The molecule has 23 heavy (non-hydrogen) atoms. The highest BCUT2D eigenvalue weighted by molar-refractivity contribution is 5.27. The zero-order valence-corrected chi connectivity index (χ0v) is 14.5. The van der Waals surface area contributed by atoms with Crippen LogP contribution in [0.25, 0.3) is 0 Å². The summed E-state index contributed by atoms with van der Waals surface area (Å²) in [5.74, 6) is 0.904. The quantitative estimate of drug-likeness (QED) is 0.785. The molecule has 0 fully saturated rings. The number of aromatic nitrogens is 2. The van der Waals surface area contributed by atoms with Crippen molar-refractivity contribution in [1.82, 2.24) is 15.1 Å². The van der Waals surface area contributed by atoms with Crippen molar-refractivity contribution in [3.63, 3.8) is 0 Å². The lowest BCUT2D eigenvalue weighted by Crippen LogP contribution is -2.31. The summed E-state index contributed by atoms with van der Waals surface area (Å²) >= 11 is 0. The lowest BCUT2D eigenvalue weighted by atomic mass is 10.2. The van der Waals surface area contributed by atoms with E-state index in [1.807, 2.05) is 36.7 Å². The van der Waals surface area contributed by atoms with Crippen LogP contribution in [0.1, 0.15) is 29.4 Å². The third kappa shape index (κ3) is 4.81. The normalized spacial score (nSPS) is 12.4. The van der Waals surface area contributed by atoms with E-state index >= 15 is 0 Å². The van der Waals surface area contributed by atoms with E-state index in [0.29, 0.717) is 13.2 Å². The fraction of sp³-hybridized carbons (Fsp3) is 0.500. The van der Waals surface area contributed by atoms with Crippen molar-refractivity contribution < 1.29 is 9.84 Å². The van der Waals surface area contributed by atoms with E-state index < -0.39 is 0 Å². The third-order valence-corrected chi connectivity index (χ3v) is 3.96. The maximum atomic E-state index is 9.07. The van der Waals surface area contributed by atoms with E-state index in [1.54, 1.807) is 0 Å². The van der Waals surface area contributed by atoms with Gasteiger partial charge in [-0.15, -0.1) is 0 Å². The lowest BCUT2D eigenvalue weighted by Gasteiger charge is -2.15. The SMILES string of the molecule is Cc1cccc(OCC(C)NCc2c(C)nn(CCO)c2C)c1. The van der Waals surface area contributed by atoms with Crippen LogP contribution in [0.15, 0.2) is 24.3 Å². The van der Waals surface area contributed by atoms with Crippen molar-refractivity contribution in [1.29, 1.82) is 0 Å². The largest absolute Gasteiger partial charge is 0.492 e.